The molecule has 3 N–H and O–H groups in total. The normalized spacial score (nSPS) is 12.8. The molecule has 1 rings (SSSR count). The average molecular weight is 413 g/mol. The number of carbonyl (C=O) groups excluding carboxylic acids is 3. The Kier molecular flexibility index (Phi) is 7.71. The smallest absolute Gasteiger partial charge is 0.321 e. The van der Waals surface area contributed by atoms with Crippen molar-refractivity contribution >= 4 is 27.9 Å². The standard InChI is InChI=1S/C18H27N3O6S/c1-11-7-8-14(9-12(11)2)28(25,26)19-10-15(22)27-13(3)16(23)20-17(24)21-18(4,5)6/h7-9,13,19H,10H2,1-6H3,(H2,20,21,23,24)/t13-/m0/s1. The maximum absolute atomic E-state index is 12.2. The number of rotatable bonds is 6. The predicted octanol–water partition coefficient (Wildman–Crippen LogP) is 1.14. The first-order valence-corrected chi connectivity index (χ1v) is 10.1. The third-order valence-electron chi connectivity index (χ3n) is 3.60. The third-order valence-corrected chi connectivity index (χ3v) is 5.00. The molecule has 0 spiro atoms. The van der Waals surface area contributed by atoms with Crippen LogP contribution in [0, 0.1) is 13.8 Å². The van der Waals surface area contributed by atoms with Crippen molar-refractivity contribution < 1.29 is 27.5 Å². The first-order chi connectivity index (χ1) is 12.7. The van der Waals surface area contributed by atoms with E-state index in [1.807, 2.05) is 12.2 Å². The minimum absolute atomic E-state index is 0.0213. The van der Waals surface area contributed by atoms with Gasteiger partial charge in [0.1, 0.15) is 6.54 Å². The summed E-state index contributed by atoms with van der Waals surface area (Å²) in [6, 6.07) is 3.86. The molecule has 0 unspecified atom stereocenters. The lowest BCUT2D eigenvalue weighted by Gasteiger charge is -2.21. The van der Waals surface area contributed by atoms with Gasteiger partial charge >= 0.3 is 12.0 Å². The number of carbonyl (C=O) groups is 3. The number of benzene rings is 1. The van der Waals surface area contributed by atoms with Gasteiger partial charge in [-0.2, -0.15) is 4.72 Å². The van der Waals surface area contributed by atoms with Gasteiger partial charge in [0.15, 0.2) is 6.10 Å². The van der Waals surface area contributed by atoms with Crippen LogP contribution in [0.25, 0.3) is 0 Å². The number of sulfonamides is 1. The van der Waals surface area contributed by atoms with Crippen LogP contribution in [0.5, 0.6) is 0 Å². The van der Waals surface area contributed by atoms with E-state index in [2.05, 4.69) is 10.0 Å². The number of amides is 3. The number of hydrogen-bond donors (Lipinski definition) is 3. The first-order valence-electron chi connectivity index (χ1n) is 8.60. The van der Waals surface area contributed by atoms with Gasteiger partial charge in [-0.05, 0) is 64.8 Å². The van der Waals surface area contributed by atoms with Crippen LogP contribution in [-0.4, -0.2) is 44.5 Å². The van der Waals surface area contributed by atoms with Gasteiger partial charge in [0.25, 0.3) is 5.91 Å². The highest BCUT2D eigenvalue weighted by molar-refractivity contribution is 7.89. The molecule has 3 amide bonds. The number of urea groups is 1. The molecule has 0 fully saturated rings. The Labute approximate surface area is 165 Å². The lowest BCUT2D eigenvalue weighted by Crippen LogP contribution is -2.50. The van der Waals surface area contributed by atoms with Gasteiger partial charge in [-0.1, -0.05) is 6.07 Å². The summed E-state index contributed by atoms with van der Waals surface area (Å²) < 4.78 is 31.5. The maximum atomic E-state index is 12.2. The molecule has 1 aromatic carbocycles. The number of imide groups is 1. The largest absolute Gasteiger partial charge is 0.452 e. The first kappa shape index (κ1) is 23.6. The Balaban J connectivity index is 2.58. The van der Waals surface area contributed by atoms with Crippen molar-refractivity contribution in [2.24, 2.45) is 0 Å². The number of nitrogens with one attached hydrogen (secondary N) is 3. The minimum atomic E-state index is -3.91. The number of aryl methyl sites for hydroxylation is 2. The van der Waals surface area contributed by atoms with Gasteiger partial charge in [-0.3, -0.25) is 14.9 Å². The van der Waals surface area contributed by atoms with Crippen LogP contribution in [0.3, 0.4) is 0 Å². The van der Waals surface area contributed by atoms with Gasteiger partial charge < -0.3 is 10.1 Å². The number of hydrogen-bond acceptors (Lipinski definition) is 6. The van der Waals surface area contributed by atoms with Crippen molar-refractivity contribution in [1.82, 2.24) is 15.4 Å². The minimum Gasteiger partial charge on any atom is -0.452 e. The van der Waals surface area contributed by atoms with Crippen LogP contribution >= 0.6 is 0 Å². The zero-order valence-corrected chi connectivity index (χ0v) is 17.7. The van der Waals surface area contributed by atoms with Gasteiger partial charge in [0.05, 0.1) is 4.90 Å². The van der Waals surface area contributed by atoms with Gasteiger partial charge in [0, 0.05) is 5.54 Å². The molecule has 1 aromatic rings. The summed E-state index contributed by atoms with van der Waals surface area (Å²) in [5.74, 6) is -1.78. The summed E-state index contributed by atoms with van der Waals surface area (Å²) >= 11 is 0. The summed E-state index contributed by atoms with van der Waals surface area (Å²) in [4.78, 5) is 35.4. The van der Waals surface area contributed by atoms with E-state index in [1.54, 1.807) is 33.8 Å². The fourth-order valence-corrected chi connectivity index (χ4v) is 3.05. The van der Waals surface area contributed by atoms with E-state index in [0.29, 0.717) is 0 Å². The van der Waals surface area contributed by atoms with Gasteiger partial charge in [-0.25, -0.2) is 13.2 Å². The monoisotopic (exact) mass is 413 g/mol. The molecule has 0 heterocycles. The summed E-state index contributed by atoms with van der Waals surface area (Å²) in [5, 5.41) is 4.57. The fraction of sp³-hybridized carbons (Fsp3) is 0.500. The summed E-state index contributed by atoms with van der Waals surface area (Å²) in [7, 11) is -3.91. The van der Waals surface area contributed by atoms with Crippen molar-refractivity contribution in [3.63, 3.8) is 0 Å². The molecule has 0 saturated heterocycles. The Morgan fingerprint density at radius 2 is 1.71 bits per heavy atom. The Hall–Kier alpha value is -2.46. The average Bonchev–Trinajstić information content (AvgIpc) is 2.53. The molecule has 0 aliphatic rings. The second-order valence-corrected chi connectivity index (χ2v) is 9.16. The highest BCUT2D eigenvalue weighted by atomic mass is 32.2. The molecule has 156 valence electrons. The van der Waals surface area contributed by atoms with Crippen molar-refractivity contribution in [2.75, 3.05) is 6.54 Å². The molecule has 0 bridgehead atoms. The topological polar surface area (TPSA) is 131 Å². The van der Waals surface area contributed by atoms with E-state index in [0.717, 1.165) is 11.1 Å². The van der Waals surface area contributed by atoms with Crippen molar-refractivity contribution in [1.29, 1.82) is 0 Å². The van der Waals surface area contributed by atoms with Crippen molar-refractivity contribution in [3.8, 4) is 0 Å². The summed E-state index contributed by atoms with van der Waals surface area (Å²) in [6.45, 7) is 9.46. The zero-order valence-electron chi connectivity index (χ0n) is 16.9. The summed E-state index contributed by atoms with van der Waals surface area (Å²) in [5.41, 5.74) is 1.19. The molecule has 0 radical (unpaired) electrons. The summed E-state index contributed by atoms with van der Waals surface area (Å²) in [6.07, 6.45) is -1.27. The molecule has 0 aromatic heterocycles. The van der Waals surface area contributed by atoms with Crippen LogP contribution in [0.15, 0.2) is 23.1 Å². The zero-order chi connectivity index (χ0) is 21.7. The second-order valence-electron chi connectivity index (χ2n) is 7.40. The van der Waals surface area contributed by atoms with Crippen molar-refractivity contribution in [3.05, 3.63) is 29.3 Å². The highest BCUT2D eigenvalue weighted by Gasteiger charge is 2.23. The number of ether oxygens (including phenoxy) is 1. The second kappa shape index (κ2) is 9.16. The molecule has 0 aliphatic carbocycles. The van der Waals surface area contributed by atoms with Crippen LogP contribution in [0.2, 0.25) is 0 Å². The Bertz CT molecular complexity index is 859. The van der Waals surface area contributed by atoms with Crippen LogP contribution in [0.4, 0.5) is 4.79 Å². The molecule has 10 heteroatoms. The van der Waals surface area contributed by atoms with E-state index in [9.17, 15) is 22.8 Å². The molecule has 0 saturated carbocycles. The lowest BCUT2D eigenvalue weighted by atomic mass is 10.1. The molecular formula is C18H27N3O6S. The third kappa shape index (κ3) is 7.65. The molecule has 1 atom stereocenters. The Morgan fingerprint density at radius 3 is 2.25 bits per heavy atom. The molecule has 0 aliphatic heterocycles. The highest BCUT2D eigenvalue weighted by Crippen LogP contribution is 2.14. The molecule has 9 nitrogen and oxygen atoms in total. The van der Waals surface area contributed by atoms with E-state index >= 15 is 0 Å². The van der Waals surface area contributed by atoms with Gasteiger partial charge in [0.2, 0.25) is 10.0 Å². The van der Waals surface area contributed by atoms with Crippen LogP contribution in [0.1, 0.15) is 38.8 Å². The van der Waals surface area contributed by atoms with Crippen LogP contribution < -0.4 is 15.4 Å². The molecule has 28 heavy (non-hydrogen) atoms. The lowest BCUT2D eigenvalue weighted by molar-refractivity contribution is -0.153. The SMILES string of the molecule is Cc1ccc(S(=O)(=O)NCC(=O)O[C@@H](C)C(=O)NC(=O)NC(C)(C)C)cc1C. The van der Waals surface area contributed by atoms with E-state index < -0.39 is 46.1 Å². The predicted molar refractivity (Wildman–Crippen MR) is 103 cm³/mol. The fourth-order valence-electron chi connectivity index (χ4n) is 2.00. The number of esters is 1. The Morgan fingerprint density at radius 1 is 1.11 bits per heavy atom. The maximum Gasteiger partial charge on any atom is 0.321 e. The van der Waals surface area contributed by atoms with Crippen molar-refractivity contribution in [2.45, 2.75) is 58.1 Å². The quantitative estimate of drug-likeness (QED) is 0.600. The van der Waals surface area contributed by atoms with Crippen LogP contribution in [-0.2, 0) is 24.3 Å². The van der Waals surface area contributed by atoms with E-state index in [-0.39, 0.29) is 4.90 Å². The van der Waals surface area contributed by atoms with Gasteiger partial charge in [-0.15, -0.1) is 0 Å². The van der Waals surface area contributed by atoms with E-state index in [4.69, 9.17) is 4.74 Å². The van der Waals surface area contributed by atoms with E-state index in [1.165, 1.54) is 19.1 Å². The molecular weight excluding hydrogens is 386 g/mol.